The van der Waals surface area contributed by atoms with Crippen LogP contribution in [0.5, 0.6) is 0 Å². The third-order valence-electron chi connectivity index (χ3n) is 3.36. The molecule has 116 valence electrons. The minimum atomic E-state index is -3.50. The molecule has 21 heavy (non-hydrogen) atoms. The number of nitrogens with zero attached hydrogens (tertiary/aromatic N) is 2. The Morgan fingerprint density at radius 2 is 1.86 bits per heavy atom. The lowest BCUT2D eigenvalue weighted by molar-refractivity contribution is 0.568. The van der Waals surface area contributed by atoms with Gasteiger partial charge in [-0.1, -0.05) is 45.1 Å². The van der Waals surface area contributed by atoms with Crippen LogP contribution in [-0.4, -0.2) is 23.7 Å². The summed E-state index contributed by atoms with van der Waals surface area (Å²) in [5, 5.41) is 0. The standard InChI is InChI=1S/C14H21N3O2S2/c1-2-3-4-5-6-7-11-15-21(18,19)13-10-8-9-12-14(13)17-20-16-12/h8-10,15H,2-7,11H2,1H3. The molecule has 0 unspecified atom stereocenters. The molecule has 2 aromatic rings. The monoisotopic (exact) mass is 327 g/mol. The van der Waals surface area contributed by atoms with E-state index in [1.807, 2.05) is 0 Å². The molecule has 0 fully saturated rings. The van der Waals surface area contributed by atoms with Crippen molar-refractivity contribution in [3.05, 3.63) is 18.2 Å². The van der Waals surface area contributed by atoms with Crippen LogP contribution in [0.1, 0.15) is 45.4 Å². The van der Waals surface area contributed by atoms with Crippen LogP contribution < -0.4 is 4.72 Å². The average molecular weight is 327 g/mol. The van der Waals surface area contributed by atoms with Crippen molar-refractivity contribution in [1.29, 1.82) is 0 Å². The van der Waals surface area contributed by atoms with E-state index in [4.69, 9.17) is 0 Å². The maximum absolute atomic E-state index is 12.3. The minimum Gasteiger partial charge on any atom is -0.211 e. The predicted octanol–water partition coefficient (Wildman–Crippen LogP) is 3.33. The lowest BCUT2D eigenvalue weighted by Crippen LogP contribution is -2.25. The molecule has 5 nitrogen and oxygen atoms in total. The van der Waals surface area contributed by atoms with Gasteiger partial charge < -0.3 is 0 Å². The molecule has 0 aliphatic heterocycles. The zero-order chi connectivity index (χ0) is 15.1. The SMILES string of the molecule is CCCCCCCCNS(=O)(=O)c1cccc2nsnc12. The maximum atomic E-state index is 12.3. The highest BCUT2D eigenvalue weighted by Gasteiger charge is 2.18. The van der Waals surface area contributed by atoms with Crippen LogP contribution in [0.2, 0.25) is 0 Å². The first-order valence-corrected chi connectivity index (χ1v) is 9.57. The van der Waals surface area contributed by atoms with E-state index in [2.05, 4.69) is 20.4 Å². The third-order valence-corrected chi connectivity index (χ3v) is 5.40. The fourth-order valence-electron chi connectivity index (χ4n) is 2.19. The highest BCUT2D eigenvalue weighted by Crippen LogP contribution is 2.20. The summed E-state index contributed by atoms with van der Waals surface area (Å²) in [4.78, 5) is 0.222. The molecule has 2 rings (SSSR count). The van der Waals surface area contributed by atoms with E-state index in [0.29, 0.717) is 17.6 Å². The number of fused-ring (bicyclic) bond motifs is 1. The first-order valence-electron chi connectivity index (χ1n) is 7.36. The molecule has 7 heteroatoms. The molecule has 1 heterocycles. The minimum absolute atomic E-state index is 0.222. The molecule has 0 saturated carbocycles. The van der Waals surface area contributed by atoms with Gasteiger partial charge in [0.2, 0.25) is 10.0 Å². The molecule has 0 radical (unpaired) electrons. The van der Waals surface area contributed by atoms with Crippen LogP contribution in [0, 0.1) is 0 Å². The van der Waals surface area contributed by atoms with E-state index >= 15 is 0 Å². The molecular weight excluding hydrogens is 306 g/mol. The van der Waals surface area contributed by atoms with Crippen molar-refractivity contribution in [2.24, 2.45) is 0 Å². The summed E-state index contributed by atoms with van der Waals surface area (Å²) in [6, 6.07) is 5.04. The van der Waals surface area contributed by atoms with Gasteiger partial charge in [-0.25, -0.2) is 13.1 Å². The van der Waals surface area contributed by atoms with Crippen LogP contribution in [0.15, 0.2) is 23.1 Å². The first-order chi connectivity index (χ1) is 10.1. The lowest BCUT2D eigenvalue weighted by Gasteiger charge is -2.07. The van der Waals surface area contributed by atoms with Crippen molar-refractivity contribution in [2.45, 2.75) is 50.3 Å². The Morgan fingerprint density at radius 1 is 1.10 bits per heavy atom. The fourth-order valence-corrected chi connectivity index (χ4v) is 4.03. The van der Waals surface area contributed by atoms with Crippen molar-refractivity contribution in [1.82, 2.24) is 13.5 Å². The summed E-state index contributed by atoms with van der Waals surface area (Å²) in [6.45, 7) is 2.66. The molecule has 1 aromatic carbocycles. The summed E-state index contributed by atoms with van der Waals surface area (Å²) in [7, 11) is -3.50. The topological polar surface area (TPSA) is 72.0 Å². The molecule has 0 saturated heterocycles. The first kappa shape index (κ1) is 16.3. The van der Waals surface area contributed by atoms with Gasteiger partial charge in [0, 0.05) is 6.54 Å². The van der Waals surface area contributed by atoms with E-state index in [-0.39, 0.29) is 4.90 Å². The highest BCUT2D eigenvalue weighted by atomic mass is 32.2. The van der Waals surface area contributed by atoms with E-state index in [1.54, 1.807) is 18.2 Å². The highest BCUT2D eigenvalue weighted by molar-refractivity contribution is 7.89. The summed E-state index contributed by atoms with van der Waals surface area (Å²) < 4.78 is 35.4. The smallest absolute Gasteiger partial charge is 0.211 e. The predicted molar refractivity (Wildman–Crippen MR) is 86.0 cm³/mol. The number of hydrogen-bond donors (Lipinski definition) is 1. The van der Waals surface area contributed by atoms with Crippen molar-refractivity contribution in [2.75, 3.05) is 6.54 Å². The van der Waals surface area contributed by atoms with Gasteiger partial charge in [-0.05, 0) is 18.6 Å². The third kappa shape index (κ3) is 4.46. The van der Waals surface area contributed by atoms with Crippen LogP contribution >= 0.6 is 11.7 Å². The molecule has 0 spiro atoms. The molecular formula is C14H21N3O2S2. The van der Waals surface area contributed by atoms with Crippen molar-refractivity contribution < 1.29 is 8.42 Å². The molecule has 0 amide bonds. The normalized spacial score (nSPS) is 12.0. The van der Waals surface area contributed by atoms with Crippen LogP contribution in [0.3, 0.4) is 0 Å². The number of rotatable bonds is 9. The summed E-state index contributed by atoms with van der Waals surface area (Å²) in [5.74, 6) is 0. The van der Waals surface area contributed by atoms with E-state index in [1.165, 1.54) is 25.7 Å². The second-order valence-corrected chi connectivity index (χ2v) is 7.32. The van der Waals surface area contributed by atoms with Gasteiger partial charge >= 0.3 is 0 Å². The summed E-state index contributed by atoms with van der Waals surface area (Å²) in [6.07, 6.45) is 6.80. The Labute approximate surface area is 130 Å². The van der Waals surface area contributed by atoms with Crippen LogP contribution in [-0.2, 0) is 10.0 Å². The largest absolute Gasteiger partial charge is 0.242 e. The second-order valence-electron chi connectivity index (χ2n) is 5.05. The second kappa shape index (κ2) is 7.82. The molecule has 0 aliphatic carbocycles. The van der Waals surface area contributed by atoms with Gasteiger partial charge in [0.05, 0.1) is 11.7 Å². The Bertz CT molecular complexity index is 668. The Balaban J connectivity index is 1.89. The number of benzene rings is 1. The van der Waals surface area contributed by atoms with Crippen molar-refractivity contribution in [3.63, 3.8) is 0 Å². The maximum Gasteiger partial charge on any atom is 0.242 e. The molecule has 0 aliphatic rings. The van der Waals surface area contributed by atoms with Crippen molar-refractivity contribution >= 4 is 32.8 Å². The Kier molecular flexibility index (Phi) is 6.08. The number of unbranched alkanes of at least 4 members (excludes halogenated alkanes) is 5. The van der Waals surface area contributed by atoms with Gasteiger partial charge in [0.1, 0.15) is 15.9 Å². The van der Waals surface area contributed by atoms with E-state index in [0.717, 1.165) is 24.6 Å². The van der Waals surface area contributed by atoms with Gasteiger partial charge in [-0.3, -0.25) is 0 Å². The van der Waals surface area contributed by atoms with Crippen LogP contribution in [0.25, 0.3) is 11.0 Å². The van der Waals surface area contributed by atoms with Gasteiger partial charge in [0.25, 0.3) is 0 Å². The molecule has 1 N–H and O–H groups in total. The quantitative estimate of drug-likeness (QED) is 0.717. The summed E-state index contributed by atoms with van der Waals surface area (Å²) >= 11 is 1.03. The zero-order valence-electron chi connectivity index (χ0n) is 12.2. The van der Waals surface area contributed by atoms with Gasteiger partial charge in [0.15, 0.2) is 0 Å². The van der Waals surface area contributed by atoms with E-state index in [9.17, 15) is 8.42 Å². The van der Waals surface area contributed by atoms with E-state index < -0.39 is 10.0 Å². The lowest BCUT2D eigenvalue weighted by atomic mass is 10.1. The van der Waals surface area contributed by atoms with Crippen LogP contribution in [0.4, 0.5) is 0 Å². The average Bonchev–Trinajstić information content (AvgIpc) is 2.94. The molecule has 0 bridgehead atoms. The zero-order valence-corrected chi connectivity index (χ0v) is 13.8. The fraction of sp³-hybridized carbons (Fsp3) is 0.571. The number of nitrogens with one attached hydrogen (secondary N) is 1. The van der Waals surface area contributed by atoms with Crippen molar-refractivity contribution in [3.8, 4) is 0 Å². The number of sulfonamides is 1. The Morgan fingerprint density at radius 3 is 2.67 bits per heavy atom. The number of hydrogen-bond acceptors (Lipinski definition) is 5. The van der Waals surface area contributed by atoms with Gasteiger partial charge in [-0.2, -0.15) is 8.75 Å². The molecule has 1 aromatic heterocycles. The summed E-state index contributed by atoms with van der Waals surface area (Å²) in [5.41, 5.74) is 1.08. The van der Waals surface area contributed by atoms with Gasteiger partial charge in [-0.15, -0.1) is 0 Å². The Hall–Kier alpha value is -1.05. The number of aromatic nitrogens is 2. The molecule has 0 atom stereocenters.